The van der Waals surface area contributed by atoms with Gasteiger partial charge in [0.15, 0.2) is 0 Å². The first-order chi connectivity index (χ1) is 12.8. The minimum absolute atomic E-state index is 0.246. The number of thioether (sulfide) groups is 1. The van der Waals surface area contributed by atoms with E-state index in [1.165, 1.54) is 0 Å². The lowest BCUT2D eigenvalue weighted by molar-refractivity contribution is -0.00781. The number of carbonyl (C=O) groups excluding carboxylic acids is 1. The number of nitrogens with zero attached hydrogens (tertiary/aromatic N) is 2. The Hall–Kier alpha value is -2.21. The van der Waals surface area contributed by atoms with Crippen LogP contribution in [0.4, 0.5) is 4.79 Å². The standard InChI is InChI=1S/C21H26N2O3S/c1-21(2,3)26-20(24)23-12-15(13-23)14-25-18-8-5-16(6-9-18)17-7-10-19(27-4)22-11-17/h5-11,15H,12-14H2,1-4H3. The van der Waals surface area contributed by atoms with Crippen LogP contribution in [0.3, 0.4) is 0 Å². The number of amides is 1. The molecule has 5 nitrogen and oxygen atoms in total. The fourth-order valence-electron chi connectivity index (χ4n) is 2.78. The molecule has 2 aromatic rings. The summed E-state index contributed by atoms with van der Waals surface area (Å²) in [6, 6.07) is 12.1. The number of likely N-dealkylation sites (tertiary alicyclic amines) is 1. The zero-order chi connectivity index (χ0) is 19.4. The van der Waals surface area contributed by atoms with E-state index in [0.717, 1.165) is 21.9 Å². The quantitative estimate of drug-likeness (QED) is 0.696. The van der Waals surface area contributed by atoms with Gasteiger partial charge in [0.2, 0.25) is 0 Å². The van der Waals surface area contributed by atoms with Gasteiger partial charge in [0.1, 0.15) is 11.4 Å². The molecule has 0 aliphatic carbocycles. The first-order valence-corrected chi connectivity index (χ1v) is 10.3. The van der Waals surface area contributed by atoms with Crippen molar-refractivity contribution in [1.29, 1.82) is 0 Å². The Bertz CT molecular complexity index is 764. The normalized spacial score (nSPS) is 14.6. The van der Waals surface area contributed by atoms with Crippen LogP contribution in [0.1, 0.15) is 20.8 Å². The molecule has 1 aliphatic rings. The lowest BCUT2D eigenvalue weighted by atomic mass is 10.0. The van der Waals surface area contributed by atoms with Crippen molar-refractivity contribution < 1.29 is 14.3 Å². The van der Waals surface area contributed by atoms with E-state index in [1.807, 2.05) is 63.6 Å². The number of hydrogen-bond donors (Lipinski definition) is 0. The van der Waals surface area contributed by atoms with Gasteiger partial charge in [-0.25, -0.2) is 9.78 Å². The van der Waals surface area contributed by atoms with Gasteiger partial charge in [-0.15, -0.1) is 11.8 Å². The molecule has 1 aliphatic heterocycles. The summed E-state index contributed by atoms with van der Waals surface area (Å²) >= 11 is 1.63. The first-order valence-electron chi connectivity index (χ1n) is 9.05. The van der Waals surface area contributed by atoms with E-state index < -0.39 is 5.60 Å². The highest BCUT2D eigenvalue weighted by Crippen LogP contribution is 2.25. The third-order valence-corrected chi connectivity index (χ3v) is 4.89. The Morgan fingerprint density at radius 3 is 2.37 bits per heavy atom. The van der Waals surface area contributed by atoms with Gasteiger partial charge in [0, 0.05) is 30.8 Å². The molecule has 1 saturated heterocycles. The van der Waals surface area contributed by atoms with Crippen LogP contribution in [0.15, 0.2) is 47.6 Å². The van der Waals surface area contributed by atoms with Crippen LogP contribution in [-0.2, 0) is 4.74 Å². The largest absolute Gasteiger partial charge is 0.493 e. The maximum Gasteiger partial charge on any atom is 0.410 e. The molecule has 0 N–H and O–H groups in total. The van der Waals surface area contributed by atoms with E-state index in [9.17, 15) is 4.79 Å². The molecule has 1 aromatic heterocycles. The summed E-state index contributed by atoms with van der Waals surface area (Å²) in [4.78, 5) is 18.1. The number of rotatable bonds is 5. The summed E-state index contributed by atoms with van der Waals surface area (Å²) in [6.07, 6.45) is 3.66. The van der Waals surface area contributed by atoms with Crippen LogP contribution in [0, 0.1) is 5.92 Å². The van der Waals surface area contributed by atoms with E-state index in [4.69, 9.17) is 9.47 Å². The summed E-state index contributed by atoms with van der Waals surface area (Å²) in [5, 5.41) is 1.01. The van der Waals surface area contributed by atoms with Gasteiger partial charge in [-0.1, -0.05) is 18.2 Å². The van der Waals surface area contributed by atoms with Crippen LogP contribution in [0.2, 0.25) is 0 Å². The summed E-state index contributed by atoms with van der Waals surface area (Å²) in [6.45, 7) is 7.59. The highest BCUT2D eigenvalue weighted by atomic mass is 32.2. The van der Waals surface area contributed by atoms with Gasteiger partial charge in [-0.2, -0.15) is 0 Å². The molecule has 1 aromatic carbocycles. The molecule has 0 bridgehead atoms. The van der Waals surface area contributed by atoms with Crippen LogP contribution < -0.4 is 4.74 Å². The lowest BCUT2D eigenvalue weighted by Gasteiger charge is -2.39. The van der Waals surface area contributed by atoms with Crippen LogP contribution in [0.25, 0.3) is 11.1 Å². The molecule has 0 spiro atoms. The Labute approximate surface area is 165 Å². The molecule has 1 fully saturated rings. The highest BCUT2D eigenvalue weighted by molar-refractivity contribution is 7.98. The molecule has 6 heteroatoms. The number of benzene rings is 1. The first kappa shape index (κ1) is 19.5. The van der Waals surface area contributed by atoms with Crippen molar-refractivity contribution >= 4 is 17.9 Å². The molecule has 2 heterocycles. The molecule has 1 amide bonds. The summed E-state index contributed by atoms with van der Waals surface area (Å²) in [5.74, 6) is 1.18. The number of hydrogen-bond acceptors (Lipinski definition) is 5. The van der Waals surface area contributed by atoms with Gasteiger partial charge in [-0.3, -0.25) is 0 Å². The second-order valence-electron chi connectivity index (χ2n) is 7.68. The van der Waals surface area contributed by atoms with Crippen LogP contribution >= 0.6 is 11.8 Å². The third-order valence-electron chi connectivity index (χ3n) is 4.23. The molecule has 0 unspecified atom stereocenters. The Morgan fingerprint density at radius 2 is 1.81 bits per heavy atom. The zero-order valence-electron chi connectivity index (χ0n) is 16.3. The van der Waals surface area contributed by atoms with E-state index >= 15 is 0 Å². The highest BCUT2D eigenvalue weighted by Gasteiger charge is 2.33. The minimum atomic E-state index is -0.453. The Morgan fingerprint density at radius 1 is 1.15 bits per heavy atom. The van der Waals surface area contributed by atoms with Crippen molar-refractivity contribution in [3.63, 3.8) is 0 Å². The van der Waals surface area contributed by atoms with Crippen molar-refractivity contribution in [2.24, 2.45) is 5.92 Å². The molecule has 0 saturated carbocycles. The van der Waals surface area contributed by atoms with Crippen molar-refractivity contribution in [3.8, 4) is 16.9 Å². The summed E-state index contributed by atoms with van der Waals surface area (Å²) in [7, 11) is 0. The fraction of sp³-hybridized carbons (Fsp3) is 0.429. The predicted octanol–water partition coefficient (Wildman–Crippen LogP) is 4.72. The third kappa shape index (κ3) is 5.39. The zero-order valence-corrected chi connectivity index (χ0v) is 17.1. The van der Waals surface area contributed by atoms with E-state index in [-0.39, 0.29) is 6.09 Å². The van der Waals surface area contributed by atoms with Gasteiger partial charge in [-0.05, 0) is 50.8 Å². The average molecular weight is 387 g/mol. The number of ether oxygens (including phenoxy) is 2. The maximum atomic E-state index is 11.9. The second kappa shape index (κ2) is 8.21. The summed E-state index contributed by atoms with van der Waals surface area (Å²) < 4.78 is 11.2. The van der Waals surface area contributed by atoms with E-state index in [0.29, 0.717) is 25.6 Å². The van der Waals surface area contributed by atoms with E-state index in [1.54, 1.807) is 16.7 Å². The Balaban J connectivity index is 1.45. The topological polar surface area (TPSA) is 51.7 Å². The van der Waals surface area contributed by atoms with Gasteiger partial charge >= 0.3 is 6.09 Å². The molecule has 27 heavy (non-hydrogen) atoms. The molecular formula is C21H26N2O3S. The second-order valence-corrected chi connectivity index (χ2v) is 8.50. The minimum Gasteiger partial charge on any atom is -0.493 e. The number of carbonyl (C=O) groups is 1. The Kier molecular flexibility index (Phi) is 5.95. The predicted molar refractivity (Wildman–Crippen MR) is 108 cm³/mol. The van der Waals surface area contributed by atoms with Gasteiger partial charge in [0.25, 0.3) is 0 Å². The molecule has 144 valence electrons. The van der Waals surface area contributed by atoms with Gasteiger partial charge in [0.05, 0.1) is 11.6 Å². The monoisotopic (exact) mass is 386 g/mol. The SMILES string of the molecule is CSc1ccc(-c2ccc(OCC3CN(C(=O)OC(C)(C)C)C3)cc2)cn1. The maximum absolute atomic E-state index is 11.9. The molecular weight excluding hydrogens is 360 g/mol. The number of aromatic nitrogens is 1. The molecule has 3 rings (SSSR count). The van der Waals surface area contributed by atoms with Gasteiger partial charge < -0.3 is 14.4 Å². The smallest absolute Gasteiger partial charge is 0.410 e. The van der Waals surface area contributed by atoms with Crippen molar-refractivity contribution in [2.45, 2.75) is 31.4 Å². The lowest BCUT2D eigenvalue weighted by Crippen LogP contribution is -2.53. The van der Waals surface area contributed by atoms with E-state index in [2.05, 4.69) is 11.1 Å². The molecule has 0 atom stereocenters. The van der Waals surface area contributed by atoms with Crippen LogP contribution in [-0.4, -0.2) is 47.5 Å². The molecule has 0 radical (unpaired) electrons. The van der Waals surface area contributed by atoms with Crippen LogP contribution in [0.5, 0.6) is 5.75 Å². The number of pyridine rings is 1. The van der Waals surface area contributed by atoms with Crippen molar-refractivity contribution in [1.82, 2.24) is 9.88 Å². The summed E-state index contributed by atoms with van der Waals surface area (Å²) in [5.41, 5.74) is 1.75. The fourth-order valence-corrected chi connectivity index (χ4v) is 3.14. The van der Waals surface area contributed by atoms with Crippen molar-refractivity contribution in [2.75, 3.05) is 26.0 Å². The average Bonchev–Trinajstić information content (AvgIpc) is 2.59. The van der Waals surface area contributed by atoms with Crippen molar-refractivity contribution in [3.05, 3.63) is 42.6 Å².